The monoisotopic (exact) mass is 454 g/mol. The van der Waals surface area contributed by atoms with Gasteiger partial charge < -0.3 is 35.3 Å². The molecule has 31 heavy (non-hydrogen) atoms. The second kappa shape index (κ2) is 9.02. The van der Waals surface area contributed by atoms with Crippen molar-refractivity contribution >= 4 is 30.5 Å². The van der Waals surface area contributed by atoms with Gasteiger partial charge in [-0.1, -0.05) is 0 Å². The number of aromatic nitrogens is 4. The van der Waals surface area contributed by atoms with Crippen LogP contribution in [0.2, 0.25) is 0 Å². The predicted molar refractivity (Wildman–Crippen MR) is 118 cm³/mol. The van der Waals surface area contributed by atoms with Gasteiger partial charge in [-0.05, 0) is 47.0 Å². The summed E-state index contributed by atoms with van der Waals surface area (Å²) in [6, 6.07) is -0.569. The number of nitrogens with two attached hydrogens (primary N) is 2. The van der Waals surface area contributed by atoms with Crippen LogP contribution in [0.1, 0.15) is 53.0 Å². The highest BCUT2D eigenvalue weighted by Gasteiger charge is 2.35. The number of aliphatic hydroxyl groups excluding tert-OH is 2. The van der Waals surface area contributed by atoms with Crippen molar-refractivity contribution in [3.05, 3.63) is 17.8 Å². The lowest BCUT2D eigenvalue weighted by Gasteiger charge is -2.30. The maximum absolute atomic E-state index is 13.1. The lowest BCUT2D eigenvalue weighted by molar-refractivity contribution is 0.139. The van der Waals surface area contributed by atoms with E-state index in [0.29, 0.717) is 30.4 Å². The molecule has 11 nitrogen and oxygen atoms in total. The maximum atomic E-state index is 13.1. The van der Waals surface area contributed by atoms with Crippen LogP contribution in [0.25, 0.3) is 11.2 Å². The summed E-state index contributed by atoms with van der Waals surface area (Å²) in [6.45, 7) is 7.18. The molecule has 2 aromatic heterocycles. The fourth-order valence-electron chi connectivity index (χ4n) is 3.83. The van der Waals surface area contributed by atoms with Crippen LogP contribution in [0.15, 0.2) is 17.8 Å². The summed E-state index contributed by atoms with van der Waals surface area (Å²) >= 11 is 0. The topological polar surface area (TPSA) is 172 Å². The quantitative estimate of drug-likeness (QED) is 0.431. The molecular formula is C19H31N6O5P. The summed E-state index contributed by atoms with van der Waals surface area (Å²) in [6.07, 6.45) is 2.54. The number of anilines is 2. The zero-order valence-corrected chi connectivity index (χ0v) is 19.1. The fraction of sp³-hybridized carbons (Fsp3) is 0.632. The molecule has 0 fully saturated rings. The first-order valence-corrected chi connectivity index (χ1v) is 12.1. The van der Waals surface area contributed by atoms with Gasteiger partial charge in [-0.15, -0.1) is 0 Å². The van der Waals surface area contributed by atoms with Crippen molar-refractivity contribution in [1.82, 2.24) is 19.5 Å². The van der Waals surface area contributed by atoms with Crippen LogP contribution in [0.4, 0.5) is 11.8 Å². The molecule has 2 aromatic rings. The van der Waals surface area contributed by atoms with E-state index in [4.69, 9.17) is 20.5 Å². The SMILES string of the molecule is CC(C)OP(=O)(CC[C@H]1CC[C@@H](n2cnc3c(N)nc(N)nc32)C(O)=C1O)OC(C)C. The molecule has 0 aliphatic heterocycles. The molecule has 6 N–H and O–H groups in total. The predicted octanol–water partition coefficient (Wildman–Crippen LogP) is 3.70. The number of rotatable bonds is 8. The maximum Gasteiger partial charge on any atom is 0.331 e. The zero-order valence-electron chi connectivity index (χ0n) is 18.2. The van der Waals surface area contributed by atoms with Crippen LogP contribution in [0, 0.1) is 5.92 Å². The van der Waals surface area contributed by atoms with E-state index in [0.717, 1.165) is 0 Å². The minimum atomic E-state index is -3.33. The molecule has 0 radical (unpaired) electrons. The van der Waals surface area contributed by atoms with Gasteiger partial charge in [-0.2, -0.15) is 9.97 Å². The van der Waals surface area contributed by atoms with Gasteiger partial charge in [-0.3, -0.25) is 4.57 Å². The van der Waals surface area contributed by atoms with E-state index >= 15 is 0 Å². The molecule has 0 amide bonds. The van der Waals surface area contributed by atoms with Gasteiger partial charge in [-0.25, -0.2) is 4.98 Å². The summed E-state index contributed by atoms with van der Waals surface area (Å²) in [4.78, 5) is 12.3. The van der Waals surface area contributed by atoms with Gasteiger partial charge >= 0.3 is 7.60 Å². The number of imidazole rings is 1. The molecule has 0 unspecified atom stereocenters. The van der Waals surface area contributed by atoms with Crippen LogP contribution in [0.5, 0.6) is 0 Å². The molecule has 1 aliphatic carbocycles. The second-order valence-electron chi connectivity index (χ2n) is 8.28. The molecule has 3 rings (SSSR count). The Morgan fingerprint density at radius 2 is 1.77 bits per heavy atom. The van der Waals surface area contributed by atoms with Gasteiger partial charge in [0.15, 0.2) is 17.2 Å². The molecule has 2 atom stereocenters. The van der Waals surface area contributed by atoms with Gasteiger partial charge in [0.25, 0.3) is 0 Å². The Kier molecular flexibility index (Phi) is 6.78. The average molecular weight is 454 g/mol. The minimum absolute atomic E-state index is 0.000755. The molecule has 0 spiro atoms. The van der Waals surface area contributed by atoms with Gasteiger partial charge in [0.05, 0.1) is 30.7 Å². The van der Waals surface area contributed by atoms with Gasteiger partial charge in [0.2, 0.25) is 5.95 Å². The van der Waals surface area contributed by atoms with Crippen LogP contribution in [-0.2, 0) is 13.6 Å². The number of aliphatic hydroxyl groups is 2. The summed E-state index contributed by atoms with van der Waals surface area (Å²) in [5, 5.41) is 21.4. The third kappa shape index (κ3) is 5.11. The molecule has 0 bridgehead atoms. The summed E-state index contributed by atoms with van der Waals surface area (Å²) in [5.41, 5.74) is 12.3. The van der Waals surface area contributed by atoms with Crippen molar-refractivity contribution in [1.29, 1.82) is 0 Å². The number of hydrogen-bond acceptors (Lipinski definition) is 10. The Balaban J connectivity index is 1.80. The van der Waals surface area contributed by atoms with Crippen LogP contribution in [0.3, 0.4) is 0 Å². The first-order valence-electron chi connectivity index (χ1n) is 10.3. The summed E-state index contributed by atoms with van der Waals surface area (Å²) < 4.78 is 25.8. The number of nitrogen functional groups attached to an aromatic ring is 2. The van der Waals surface area contributed by atoms with E-state index in [1.807, 2.05) is 0 Å². The van der Waals surface area contributed by atoms with Crippen LogP contribution >= 0.6 is 7.60 Å². The van der Waals surface area contributed by atoms with Crippen molar-refractivity contribution in [2.24, 2.45) is 5.92 Å². The van der Waals surface area contributed by atoms with Crippen molar-refractivity contribution in [2.75, 3.05) is 17.6 Å². The van der Waals surface area contributed by atoms with Gasteiger partial charge in [0, 0.05) is 5.92 Å². The Morgan fingerprint density at radius 1 is 1.13 bits per heavy atom. The normalized spacial score (nSPS) is 20.3. The zero-order chi connectivity index (χ0) is 22.9. The summed E-state index contributed by atoms with van der Waals surface area (Å²) in [5.74, 6) is -0.548. The molecule has 0 saturated carbocycles. The highest BCUT2D eigenvalue weighted by atomic mass is 31.2. The molecule has 1 aliphatic rings. The lowest BCUT2D eigenvalue weighted by atomic mass is 9.87. The van der Waals surface area contributed by atoms with Crippen molar-refractivity contribution in [2.45, 2.75) is 65.2 Å². The Labute approximate surface area is 181 Å². The van der Waals surface area contributed by atoms with Crippen molar-refractivity contribution in [3.8, 4) is 0 Å². The minimum Gasteiger partial charge on any atom is -0.508 e. The number of allylic oxidation sites excluding steroid dienone is 2. The molecular weight excluding hydrogens is 423 g/mol. The molecule has 2 heterocycles. The number of hydrogen-bond donors (Lipinski definition) is 4. The smallest absolute Gasteiger partial charge is 0.331 e. The van der Waals surface area contributed by atoms with Gasteiger partial charge in [0.1, 0.15) is 11.3 Å². The van der Waals surface area contributed by atoms with Crippen molar-refractivity contribution < 1.29 is 23.8 Å². The van der Waals surface area contributed by atoms with E-state index in [1.54, 1.807) is 32.3 Å². The fourth-order valence-corrected chi connectivity index (χ4v) is 6.01. The third-order valence-corrected chi connectivity index (χ3v) is 7.34. The Morgan fingerprint density at radius 3 is 2.39 bits per heavy atom. The molecule has 12 heteroatoms. The van der Waals surface area contributed by atoms with E-state index < -0.39 is 13.6 Å². The van der Waals surface area contributed by atoms with Crippen LogP contribution in [-0.4, -0.2) is 48.1 Å². The molecule has 0 aromatic carbocycles. The highest BCUT2D eigenvalue weighted by molar-refractivity contribution is 7.53. The first-order chi connectivity index (χ1) is 14.5. The number of nitrogens with zero attached hydrogens (tertiary/aromatic N) is 4. The van der Waals surface area contributed by atoms with E-state index in [2.05, 4.69) is 15.0 Å². The van der Waals surface area contributed by atoms with E-state index in [-0.39, 0.29) is 47.6 Å². The van der Waals surface area contributed by atoms with Crippen molar-refractivity contribution in [3.63, 3.8) is 0 Å². The standard InChI is InChI=1S/C19H31N6O5P/c1-10(2)29-31(28,30-11(3)4)8-7-12-5-6-13(16(27)15(12)26)25-9-22-14-17(20)23-19(21)24-18(14)25/h9-13,26-27H,5-8H2,1-4H3,(H4,20,21,23,24)/t12-,13-/m1/s1. The average Bonchev–Trinajstić information content (AvgIpc) is 3.05. The first kappa shape index (κ1) is 23.3. The largest absolute Gasteiger partial charge is 0.508 e. The van der Waals surface area contributed by atoms with Crippen LogP contribution < -0.4 is 11.5 Å². The lowest BCUT2D eigenvalue weighted by Crippen LogP contribution is -2.24. The Hall–Kier alpha value is -2.36. The Bertz CT molecular complexity index is 1010. The second-order valence-corrected chi connectivity index (χ2v) is 10.4. The number of fused-ring (bicyclic) bond motifs is 1. The van der Waals surface area contributed by atoms with E-state index in [1.165, 1.54) is 6.33 Å². The highest BCUT2D eigenvalue weighted by Crippen LogP contribution is 2.52. The third-order valence-electron chi connectivity index (χ3n) is 5.05. The summed E-state index contributed by atoms with van der Waals surface area (Å²) in [7, 11) is -3.33. The molecule has 172 valence electrons. The van der Waals surface area contributed by atoms with E-state index in [9.17, 15) is 14.8 Å². The molecule has 0 saturated heterocycles.